The molecule has 1 rings (SSSR count). The fourth-order valence-electron chi connectivity index (χ4n) is 0.712. The topological polar surface area (TPSA) is 37.3 Å². The lowest BCUT2D eigenvalue weighted by Gasteiger charge is -1.99. The van der Waals surface area contributed by atoms with E-state index in [-0.39, 0.29) is 11.6 Å². The van der Waals surface area contributed by atoms with Crippen LogP contribution in [-0.4, -0.2) is 16.8 Å². The first-order chi connectivity index (χ1) is 6.09. The van der Waals surface area contributed by atoms with Gasteiger partial charge in [0.05, 0.1) is 10.2 Å². The number of carbonyl (C=O) groups is 1. The average molecular weight is 265 g/mol. The van der Waals surface area contributed by atoms with E-state index in [0.717, 1.165) is 16.7 Å². The fraction of sp³-hybridized carbons (Fsp3) is 0.125. The lowest BCUT2D eigenvalue weighted by Crippen LogP contribution is -1.97. The van der Waals surface area contributed by atoms with E-state index in [4.69, 9.17) is 5.11 Å². The zero-order valence-corrected chi connectivity index (χ0v) is 8.86. The fourth-order valence-corrected chi connectivity index (χ4v) is 1.90. The second kappa shape index (κ2) is 4.62. The van der Waals surface area contributed by atoms with Crippen LogP contribution in [0.4, 0.5) is 4.39 Å². The monoisotopic (exact) mass is 264 g/mol. The third-order valence-electron chi connectivity index (χ3n) is 1.25. The molecule has 0 aliphatic heterocycles. The number of carboxylic acid groups (broad SMARTS) is 1. The van der Waals surface area contributed by atoms with Gasteiger partial charge in [0.1, 0.15) is 5.82 Å². The van der Waals surface area contributed by atoms with Crippen LogP contribution in [0, 0.1) is 5.82 Å². The van der Waals surface area contributed by atoms with Crippen molar-refractivity contribution in [3.05, 3.63) is 28.5 Å². The number of rotatable bonds is 3. The molecule has 0 bridgehead atoms. The molecule has 5 heteroatoms. The summed E-state index contributed by atoms with van der Waals surface area (Å²) in [6.07, 6.45) is 0. The molecule has 0 heterocycles. The van der Waals surface area contributed by atoms with Gasteiger partial charge in [0.25, 0.3) is 0 Å². The van der Waals surface area contributed by atoms with Crippen LogP contribution in [0.2, 0.25) is 0 Å². The van der Waals surface area contributed by atoms with Crippen LogP contribution >= 0.6 is 27.7 Å². The molecule has 13 heavy (non-hydrogen) atoms. The lowest BCUT2D eigenvalue weighted by atomic mass is 10.3. The van der Waals surface area contributed by atoms with Gasteiger partial charge in [0.15, 0.2) is 0 Å². The van der Waals surface area contributed by atoms with Crippen molar-refractivity contribution in [3.63, 3.8) is 0 Å². The van der Waals surface area contributed by atoms with Gasteiger partial charge in [-0.3, -0.25) is 4.79 Å². The second-order valence-corrected chi connectivity index (χ2v) is 4.16. The maximum absolute atomic E-state index is 12.7. The maximum atomic E-state index is 12.7. The molecule has 0 amide bonds. The van der Waals surface area contributed by atoms with Gasteiger partial charge in [-0.2, -0.15) is 0 Å². The molecular weight excluding hydrogens is 259 g/mol. The first kappa shape index (κ1) is 10.5. The van der Waals surface area contributed by atoms with E-state index in [1.54, 1.807) is 12.1 Å². The number of benzene rings is 1. The van der Waals surface area contributed by atoms with Crippen molar-refractivity contribution in [3.8, 4) is 0 Å². The highest BCUT2D eigenvalue weighted by Crippen LogP contribution is 2.24. The van der Waals surface area contributed by atoms with Crippen molar-refractivity contribution >= 4 is 33.7 Å². The summed E-state index contributed by atoms with van der Waals surface area (Å²) in [7, 11) is 0. The van der Waals surface area contributed by atoms with Crippen molar-refractivity contribution in [2.24, 2.45) is 0 Å². The third kappa shape index (κ3) is 3.36. The Hall–Kier alpha value is -0.550. The zero-order valence-electron chi connectivity index (χ0n) is 6.46. The van der Waals surface area contributed by atoms with Crippen molar-refractivity contribution in [1.82, 2.24) is 0 Å². The summed E-state index contributed by atoms with van der Waals surface area (Å²) in [6.45, 7) is 0. The minimum Gasteiger partial charge on any atom is -0.481 e. The molecule has 0 aromatic heterocycles. The first-order valence-electron chi connectivity index (χ1n) is 3.39. The van der Waals surface area contributed by atoms with E-state index >= 15 is 0 Å². The van der Waals surface area contributed by atoms with E-state index in [1.165, 1.54) is 6.07 Å². The van der Waals surface area contributed by atoms with Gasteiger partial charge in [0, 0.05) is 4.90 Å². The van der Waals surface area contributed by atoms with Crippen molar-refractivity contribution < 1.29 is 14.3 Å². The average Bonchev–Trinajstić information content (AvgIpc) is 2.07. The Morgan fingerprint density at radius 3 is 2.85 bits per heavy atom. The van der Waals surface area contributed by atoms with Gasteiger partial charge in [-0.25, -0.2) is 4.39 Å². The molecule has 0 saturated carbocycles. The largest absolute Gasteiger partial charge is 0.481 e. The molecule has 0 aliphatic carbocycles. The SMILES string of the molecule is O=C(O)CSc1ccc(F)c(Br)c1. The molecule has 0 spiro atoms. The summed E-state index contributed by atoms with van der Waals surface area (Å²) in [4.78, 5) is 10.9. The molecule has 0 saturated heterocycles. The summed E-state index contributed by atoms with van der Waals surface area (Å²) in [5.41, 5.74) is 0. The standard InChI is InChI=1S/C8H6BrFO2S/c9-6-3-5(1-2-7(6)10)13-4-8(11)12/h1-3H,4H2,(H,11,12). The number of hydrogen-bond acceptors (Lipinski definition) is 2. The van der Waals surface area contributed by atoms with Crippen LogP contribution in [0.1, 0.15) is 0 Å². The summed E-state index contributed by atoms with van der Waals surface area (Å²) >= 11 is 4.17. The van der Waals surface area contributed by atoms with E-state index in [1.807, 2.05) is 0 Å². The van der Waals surface area contributed by atoms with Gasteiger partial charge in [-0.15, -0.1) is 11.8 Å². The molecular formula is C8H6BrFO2S. The Labute approximate surface area is 87.3 Å². The van der Waals surface area contributed by atoms with Crippen LogP contribution in [-0.2, 0) is 4.79 Å². The molecule has 0 unspecified atom stereocenters. The Bertz CT molecular complexity index is 330. The quantitative estimate of drug-likeness (QED) is 0.854. The molecule has 1 aromatic carbocycles. The van der Waals surface area contributed by atoms with Gasteiger partial charge in [-0.1, -0.05) is 0 Å². The molecule has 0 fully saturated rings. The number of aliphatic carboxylic acids is 1. The van der Waals surface area contributed by atoms with Crippen LogP contribution in [0.25, 0.3) is 0 Å². The van der Waals surface area contributed by atoms with Crippen LogP contribution < -0.4 is 0 Å². The first-order valence-corrected chi connectivity index (χ1v) is 5.17. The van der Waals surface area contributed by atoms with Crippen LogP contribution in [0.3, 0.4) is 0 Å². The van der Waals surface area contributed by atoms with E-state index in [2.05, 4.69) is 15.9 Å². The number of thioether (sulfide) groups is 1. The van der Waals surface area contributed by atoms with Gasteiger partial charge in [0.2, 0.25) is 0 Å². The van der Waals surface area contributed by atoms with Gasteiger partial charge in [-0.05, 0) is 34.1 Å². The zero-order chi connectivity index (χ0) is 9.84. The predicted molar refractivity (Wildman–Crippen MR) is 52.5 cm³/mol. The van der Waals surface area contributed by atoms with Gasteiger partial charge < -0.3 is 5.11 Å². The molecule has 2 nitrogen and oxygen atoms in total. The summed E-state index contributed by atoms with van der Waals surface area (Å²) in [6, 6.07) is 4.41. The smallest absolute Gasteiger partial charge is 0.313 e. The molecule has 70 valence electrons. The minimum atomic E-state index is -0.884. The molecule has 0 atom stereocenters. The molecule has 0 aliphatic rings. The molecule has 0 radical (unpaired) electrons. The second-order valence-electron chi connectivity index (χ2n) is 2.26. The maximum Gasteiger partial charge on any atom is 0.313 e. The Morgan fingerprint density at radius 2 is 2.31 bits per heavy atom. The third-order valence-corrected chi connectivity index (χ3v) is 2.84. The highest BCUT2D eigenvalue weighted by atomic mass is 79.9. The van der Waals surface area contributed by atoms with Crippen molar-refractivity contribution in [2.45, 2.75) is 4.90 Å². The van der Waals surface area contributed by atoms with Crippen LogP contribution in [0.5, 0.6) is 0 Å². The summed E-state index contributed by atoms with van der Waals surface area (Å²) in [5.74, 6) is -1.25. The van der Waals surface area contributed by atoms with Crippen molar-refractivity contribution in [2.75, 3.05) is 5.75 Å². The molecule has 1 aromatic rings. The molecule has 1 N–H and O–H groups in total. The summed E-state index contributed by atoms with van der Waals surface area (Å²) < 4.78 is 13.1. The Kier molecular flexibility index (Phi) is 3.74. The Balaban J connectivity index is 2.68. The lowest BCUT2D eigenvalue weighted by molar-refractivity contribution is -0.133. The highest BCUT2D eigenvalue weighted by Gasteiger charge is 2.02. The van der Waals surface area contributed by atoms with Crippen LogP contribution in [0.15, 0.2) is 27.6 Å². The number of halogens is 2. The van der Waals surface area contributed by atoms with E-state index < -0.39 is 5.97 Å². The summed E-state index contributed by atoms with van der Waals surface area (Å²) in [5, 5.41) is 8.39. The normalized spacial score (nSPS) is 10.0. The highest BCUT2D eigenvalue weighted by molar-refractivity contribution is 9.10. The number of carboxylic acids is 1. The predicted octanol–water partition coefficient (Wildman–Crippen LogP) is 2.76. The Morgan fingerprint density at radius 1 is 1.62 bits per heavy atom. The van der Waals surface area contributed by atoms with Gasteiger partial charge >= 0.3 is 5.97 Å². The number of hydrogen-bond donors (Lipinski definition) is 1. The van der Waals surface area contributed by atoms with E-state index in [9.17, 15) is 9.18 Å². The van der Waals surface area contributed by atoms with Crippen molar-refractivity contribution in [1.29, 1.82) is 0 Å². The van der Waals surface area contributed by atoms with E-state index in [0.29, 0.717) is 4.47 Å². The minimum absolute atomic E-state index is 0.0158.